The minimum atomic E-state index is -0.298. The van der Waals surface area contributed by atoms with E-state index in [0.29, 0.717) is 6.61 Å². The van der Waals surface area contributed by atoms with Crippen molar-refractivity contribution in [3.8, 4) is 5.75 Å². The van der Waals surface area contributed by atoms with Gasteiger partial charge in [-0.1, -0.05) is 19.1 Å². The minimum Gasteiger partial charge on any atom is -0.493 e. The van der Waals surface area contributed by atoms with Gasteiger partial charge in [-0.05, 0) is 30.5 Å². The van der Waals surface area contributed by atoms with Crippen molar-refractivity contribution in [1.29, 1.82) is 0 Å². The zero-order valence-corrected chi connectivity index (χ0v) is 11.0. The molecule has 2 fully saturated rings. The van der Waals surface area contributed by atoms with Crippen molar-refractivity contribution in [3.63, 3.8) is 0 Å². The summed E-state index contributed by atoms with van der Waals surface area (Å²) in [6.45, 7) is 4.36. The van der Waals surface area contributed by atoms with E-state index in [0.717, 1.165) is 37.4 Å². The number of hydrogen-bond acceptors (Lipinski definition) is 4. The van der Waals surface area contributed by atoms with Crippen LogP contribution < -0.4 is 4.74 Å². The van der Waals surface area contributed by atoms with Crippen LogP contribution in [0.1, 0.15) is 25.3 Å². The fourth-order valence-electron chi connectivity index (χ4n) is 2.32. The van der Waals surface area contributed by atoms with Gasteiger partial charge in [0.15, 0.2) is 0 Å². The summed E-state index contributed by atoms with van der Waals surface area (Å²) in [7, 11) is 0. The first kappa shape index (κ1) is 12.4. The Bertz CT molecular complexity index is 509. The van der Waals surface area contributed by atoms with E-state index < -0.39 is 0 Å². The second-order valence-corrected chi connectivity index (χ2v) is 5.85. The quantitative estimate of drug-likeness (QED) is 0.602. The number of ether oxygens (including phenoxy) is 2. The molecule has 0 bridgehead atoms. The number of nitrogens with zero attached hydrogens (tertiary/aromatic N) is 1. The Morgan fingerprint density at radius 2 is 2.00 bits per heavy atom. The average Bonchev–Trinajstić information content (AvgIpc) is 3.16. The maximum Gasteiger partial charge on any atom is 0.235 e. The molecule has 0 amide bonds. The molecular weight excluding hydrogens is 242 g/mol. The van der Waals surface area contributed by atoms with E-state index in [1.165, 1.54) is 0 Å². The van der Waals surface area contributed by atoms with Gasteiger partial charge in [0.2, 0.25) is 6.08 Å². The molecule has 1 heterocycles. The number of benzene rings is 1. The summed E-state index contributed by atoms with van der Waals surface area (Å²) in [4.78, 5) is 14.3. The zero-order valence-electron chi connectivity index (χ0n) is 11.0. The standard InChI is InChI=1S/C15H17NO3/c1-14(8-18-9-14)10-19-13-4-2-12(3-5-13)15(6-7-15)16-11-17/h2-5H,6-10H2,1H3. The molecule has 3 rings (SSSR count). The summed E-state index contributed by atoms with van der Waals surface area (Å²) < 4.78 is 11.0. The molecule has 19 heavy (non-hydrogen) atoms. The van der Waals surface area contributed by atoms with Gasteiger partial charge in [0, 0.05) is 5.41 Å². The molecular formula is C15H17NO3. The number of rotatable bonds is 5. The summed E-state index contributed by atoms with van der Waals surface area (Å²) in [5, 5.41) is 0. The maximum absolute atomic E-state index is 10.4. The van der Waals surface area contributed by atoms with Crippen molar-refractivity contribution in [2.75, 3.05) is 19.8 Å². The van der Waals surface area contributed by atoms with Crippen molar-refractivity contribution in [2.45, 2.75) is 25.3 Å². The lowest BCUT2D eigenvalue weighted by molar-refractivity contribution is -0.120. The molecule has 1 saturated carbocycles. The number of aliphatic imine (C=N–C) groups is 1. The minimum absolute atomic E-state index is 0.151. The van der Waals surface area contributed by atoms with Gasteiger partial charge in [0.25, 0.3) is 0 Å². The highest BCUT2D eigenvalue weighted by Crippen LogP contribution is 2.49. The van der Waals surface area contributed by atoms with Gasteiger partial charge in [0.1, 0.15) is 5.75 Å². The van der Waals surface area contributed by atoms with E-state index in [4.69, 9.17) is 9.47 Å². The van der Waals surface area contributed by atoms with Crippen LogP contribution in [0.5, 0.6) is 5.75 Å². The highest BCUT2D eigenvalue weighted by Gasteiger charge is 2.44. The van der Waals surface area contributed by atoms with E-state index in [2.05, 4.69) is 11.9 Å². The molecule has 1 aliphatic heterocycles. The maximum atomic E-state index is 10.4. The van der Waals surface area contributed by atoms with Crippen LogP contribution in [-0.2, 0) is 15.1 Å². The van der Waals surface area contributed by atoms with Crippen LogP contribution in [0.4, 0.5) is 0 Å². The van der Waals surface area contributed by atoms with Gasteiger partial charge in [-0.25, -0.2) is 4.79 Å². The molecule has 1 aromatic rings. The van der Waals surface area contributed by atoms with Crippen molar-refractivity contribution < 1.29 is 14.3 Å². The van der Waals surface area contributed by atoms with Gasteiger partial charge < -0.3 is 9.47 Å². The van der Waals surface area contributed by atoms with Crippen LogP contribution in [-0.4, -0.2) is 25.9 Å². The third kappa shape index (κ3) is 2.42. The van der Waals surface area contributed by atoms with E-state index in [-0.39, 0.29) is 11.0 Å². The predicted octanol–water partition coefficient (Wildman–Crippen LogP) is 2.43. The Labute approximate surface area is 112 Å². The fraction of sp³-hybridized carbons (Fsp3) is 0.533. The van der Waals surface area contributed by atoms with Gasteiger partial charge in [-0.3, -0.25) is 0 Å². The first-order chi connectivity index (χ1) is 9.16. The molecule has 1 aromatic carbocycles. The van der Waals surface area contributed by atoms with Crippen LogP contribution in [0, 0.1) is 5.41 Å². The largest absolute Gasteiger partial charge is 0.493 e. The van der Waals surface area contributed by atoms with E-state index in [1.807, 2.05) is 24.3 Å². The Morgan fingerprint density at radius 3 is 2.47 bits per heavy atom. The van der Waals surface area contributed by atoms with Crippen LogP contribution >= 0.6 is 0 Å². The lowest BCUT2D eigenvalue weighted by Crippen LogP contribution is -2.44. The first-order valence-electron chi connectivity index (χ1n) is 6.56. The topological polar surface area (TPSA) is 47.9 Å². The number of hydrogen-bond donors (Lipinski definition) is 0. The summed E-state index contributed by atoms with van der Waals surface area (Å²) in [5.74, 6) is 0.850. The molecule has 0 atom stereocenters. The van der Waals surface area contributed by atoms with Crippen LogP contribution in [0.25, 0.3) is 0 Å². The molecule has 1 saturated heterocycles. The first-order valence-corrected chi connectivity index (χ1v) is 6.56. The second kappa shape index (κ2) is 4.48. The molecule has 0 spiro atoms. The van der Waals surface area contributed by atoms with E-state index in [9.17, 15) is 4.79 Å². The summed E-state index contributed by atoms with van der Waals surface area (Å²) >= 11 is 0. The number of isocyanates is 1. The predicted molar refractivity (Wildman–Crippen MR) is 69.9 cm³/mol. The SMILES string of the molecule is CC1(COc2ccc(C3(N=C=O)CC3)cc2)COC1. The van der Waals surface area contributed by atoms with Gasteiger partial charge in [0.05, 0.1) is 25.4 Å². The van der Waals surface area contributed by atoms with Crippen molar-refractivity contribution >= 4 is 6.08 Å². The van der Waals surface area contributed by atoms with Crippen LogP contribution in [0.3, 0.4) is 0 Å². The number of carbonyl (C=O) groups excluding carboxylic acids is 1. The summed E-state index contributed by atoms with van der Waals surface area (Å²) in [5.41, 5.74) is 0.924. The lowest BCUT2D eigenvalue weighted by Gasteiger charge is -2.37. The molecule has 4 nitrogen and oxygen atoms in total. The lowest BCUT2D eigenvalue weighted by atomic mass is 9.90. The summed E-state index contributed by atoms with van der Waals surface area (Å²) in [6, 6.07) is 7.86. The second-order valence-electron chi connectivity index (χ2n) is 5.85. The Kier molecular flexibility index (Phi) is 2.92. The molecule has 4 heteroatoms. The molecule has 0 N–H and O–H groups in total. The third-order valence-corrected chi connectivity index (χ3v) is 3.86. The highest BCUT2D eigenvalue weighted by atomic mass is 16.5. The monoisotopic (exact) mass is 259 g/mol. The molecule has 0 unspecified atom stereocenters. The van der Waals surface area contributed by atoms with Crippen molar-refractivity contribution in [1.82, 2.24) is 0 Å². The third-order valence-electron chi connectivity index (χ3n) is 3.86. The fourth-order valence-corrected chi connectivity index (χ4v) is 2.32. The Balaban J connectivity index is 1.64. The van der Waals surface area contributed by atoms with Gasteiger partial charge >= 0.3 is 0 Å². The van der Waals surface area contributed by atoms with Crippen LogP contribution in [0.15, 0.2) is 29.3 Å². The molecule has 2 aliphatic rings. The van der Waals surface area contributed by atoms with Gasteiger partial charge in [-0.2, -0.15) is 4.99 Å². The van der Waals surface area contributed by atoms with E-state index in [1.54, 1.807) is 6.08 Å². The Morgan fingerprint density at radius 1 is 1.32 bits per heavy atom. The van der Waals surface area contributed by atoms with E-state index >= 15 is 0 Å². The smallest absolute Gasteiger partial charge is 0.235 e. The van der Waals surface area contributed by atoms with Crippen LogP contribution in [0.2, 0.25) is 0 Å². The molecule has 100 valence electrons. The normalized spacial score (nSPS) is 21.9. The zero-order chi connectivity index (χ0) is 13.3. The molecule has 0 aromatic heterocycles. The van der Waals surface area contributed by atoms with Crippen molar-refractivity contribution in [2.24, 2.45) is 10.4 Å². The average molecular weight is 259 g/mol. The summed E-state index contributed by atoms with van der Waals surface area (Å²) in [6.07, 6.45) is 3.53. The Hall–Kier alpha value is -1.64. The van der Waals surface area contributed by atoms with Gasteiger partial charge in [-0.15, -0.1) is 0 Å². The highest BCUT2D eigenvalue weighted by molar-refractivity contribution is 5.42. The molecule has 0 radical (unpaired) electrons. The molecule has 1 aliphatic carbocycles. The van der Waals surface area contributed by atoms with Crippen molar-refractivity contribution in [3.05, 3.63) is 29.8 Å².